The van der Waals surface area contributed by atoms with Crippen LogP contribution in [-0.4, -0.2) is 17.8 Å². The molecule has 0 aromatic heterocycles. The first-order valence-electron chi connectivity index (χ1n) is 6.16. The maximum atomic E-state index is 11.8. The highest BCUT2D eigenvalue weighted by molar-refractivity contribution is 8.00. The number of benzene rings is 1. The van der Waals surface area contributed by atoms with Gasteiger partial charge in [-0.15, -0.1) is 11.8 Å². The molecule has 0 aliphatic carbocycles. The molecule has 0 saturated heterocycles. The largest absolute Gasteiger partial charge is 0.465 e. The van der Waals surface area contributed by atoms with Gasteiger partial charge in [0.2, 0.25) is 0 Å². The lowest BCUT2D eigenvalue weighted by molar-refractivity contribution is -0.142. The van der Waals surface area contributed by atoms with Crippen molar-refractivity contribution in [3.8, 4) is 0 Å². The number of hydrogen-bond acceptors (Lipinski definition) is 3. The van der Waals surface area contributed by atoms with Crippen molar-refractivity contribution in [2.45, 2.75) is 43.3 Å². The molecule has 0 amide bonds. The summed E-state index contributed by atoms with van der Waals surface area (Å²) in [6.07, 6.45) is 3.05. The molecule has 1 aromatic rings. The lowest BCUT2D eigenvalue weighted by Gasteiger charge is -2.14. The molecule has 0 fully saturated rings. The first kappa shape index (κ1) is 14.1. The molecular formula is C14H20O2S. The number of hydrogen-bond donors (Lipinski definition) is 0. The van der Waals surface area contributed by atoms with Gasteiger partial charge in [0, 0.05) is 4.90 Å². The van der Waals surface area contributed by atoms with Crippen LogP contribution in [0.3, 0.4) is 0 Å². The van der Waals surface area contributed by atoms with Gasteiger partial charge in [0.15, 0.2) is 0 Å². The van der Waals surface area contributed by atoms with E-state index in [4.69, 9.17) is 4.74 Å². The third-order valence-corrected chi connectivity index (χ3v) is 3.65. The predicted molar refractivity (Wildman–Crippen MR) is 72.2 cm³/mol. The zero-order valence-corrected chi connectivity index (χ0v) is 11.3. The number of carbonyl (C=O) groups excluding carboxylic acids is 1. The van der Waals surface area contributed by atoms with Crippen LogP contribution in [-0.2, 0) is 9.53 Å². The first-order valence-corrected chi connectivity index (χ1v) is 7.04. The minimum Gasteiger partial charge on any atom is -0.465 e. The van der Waals surface area contributed by atoms with Crippen molar-refractivity contribution in [2.75, 3.05) is 6.61 Å². The van der Waals surface area contributed by atoms with E-state index in [1.165, 1.54) is 0 Å². The minimum atomic E-state index is -0.0881. The van der Waals surface area contributed by atoms with Crippen LogP contribution >= 0.6 is 11.8 Å². The standard InChI is InChI=1S/C14H20O2S/c1-3-5-11-13(14(15)16-4-2)17-12-9-7-6-8-10-12/h6-10,13H,3-5,11H2,1-2H3. The number of carbonyl (C=O) groups is 1. The molecule has 1 aromatic carbocycles. The van der Waals surface area contributed by atoms with Gasteiger partial charge in [-0.3, -0.25) is 4.79 Å². The van der Waals surface area contributed by atoms with Gasteiger partial charge in [-0.2, -0.15) is 0 Å². The van der Waals surface area contributed by atoms with Crippen molar-refractivity contribution in [1.82, 2.24) is 0 Å². The maximum Gasteiger partial charge on any atom is 0.319 e. The number of unbranched alkanes of at least 4 members (excludes halogenated alkanes) is 1. The number of rotatable bonds is 7. The van der Waals surface area contributed by atoms with E-state index >= 15 is 0 Å². The van der Waals surface area contributed by atoms with Crippen molar-refractivity contribution < 1.29 is 9.53 Å². The summed E-state index contributed by atoms with van der Waals surface area (Å²) >= 11 is 1.60. The Morgan fingerprint density at radius 2 is 2.00 bits per heavy atom. The van der Waals surface area contributed by atoms with E-state index in [1.54, 1.807) is 11.8 Å². The summed E-state index contributed by atoms with van der Waals surface area (Å²) in [5.74, 6) is -0.0881. The number of esters is 1. The Balaban J connectivity index is 2.59. The van der Waals surface area contributed by atoms with Crippen molar-refractivity contribution in [3.05, 3.63) is 30.3 Å². The van der Waals surface area contributed by atoms with E-state index in [0.29, 0.717) is 6.61 Å². The van der Waals surface area contributed by atoms with Crippen molar-refractivity contribution in [1.29, 1.82) is 0 Å². The molecule has 94 valence electrons. The number of ether oxygens (including phenoxy) is 1. The van der Waals surface area contributed by atoms with Crippen molar-refractivity contribution in [3.63, 3.8) is 0 Å². The molecule has 0 spiro atoms. The average Bonchev–Trinajstić information content (AvgIpc) is 2.36. The number of thioether (sulfide) groups is 1. The third kappa shape index (κ3) is 5.26. The Morgan fingerprint density at radius 1 is 1.29 bits per heavy atom. The fourth-order valence-corrected chi connectivity index (χ4v) is 2.60. The van der Waals surface area contributed by atoms with Crippen LogP contribution in [0.5, 0.6) is 0 Å². The molecule has 17 heavy (non-hydrogen) atoms. The Morgan fingerprint density at radius 3 is 2.59 bits per heavy atom. The molecule has 0 aliphatic rings. The van der Waals surface area contributed by atoms with Gasteiger partial charge in [0.05, 0.1) is 6.61 Å². The van der Waals surface area contributed by atoms with E-state index in [1.807, 2.05) is 37.3 Å². The third-order valence-electron chi connectivity index (χ3n) is 2.39. The van der Waals surface area contributed by atoms with Crippen LogP contribution in [0.15, 0.2) is 35.2 Å². The Bertz CT molecular complexity index is 324. The summed E-state index contributed by atoms with van der Waals surface area (Å²) in [7, 11) is 0. The summed E-state index contributed by atoms with van der Waals surface area (Å²) < 4.78 is 5.11. The summed E-state index contributed by atoms with van der Waals surface area (Å²) in [5.41, 5.74) is 0. The Labute approximate surface area is 108 Å². The lowest BCUT2D eigenvalue weighted by atomic mass is 10.2. The molecular weight excluding hydrogens is 232 g/mol. The van der Waals surface area contributed by atoms with E-state index in [2.05, 4.69) is 6.92 Å². The molecule has 0 saturated carbocycles. The van der Waals surface area contributed by atoms with Gasteiger partial charge in [0.1, 0.15) is 5.25 Å². The van der Waals surface area contributed by atoms with Gasteiger partial charge in [-0.25, -0.2) is 0 Å². The zero-order chi connectivity index (χ0) is 12.5. The van der Waals surface area contributed by atoms with E-state index in [-0.39, 0.29) is 11.2 Å². The molecule has 0 N–H and O–H groups in total. The second kappa shape index (κ2) is 8.18. The van der Waals surface area contributed by atoms with Crippen LogP contribution < -0.4 is 0 Å². The van der Waals surface area contributed by atoms with Crippen LogP contribution in [0.2, 0.25) is 0 Å². The van der Waals surface area contributed by atoms with Crippen LogP contribution in [0, 0.1) is 0 Å². The quantitative estimate of drug-likeness (QED) is 0.544. The van der Waals surface area contributed by atoms with Gasteiger partial charge >= 0.3 is 5.97 Å². The molecule has 0 aliphatic heterocycles. The Hall–Kier alpha value is -0.960. The van der Waals surface area contributed by atoms with Crippen molar-refractivity contribution >= 4 is 17.7 Å². The van der Waals surface area contributed by atoms with Crippen molar-refractivity contribution in [2.24, 2.45) is 0 Å². The molecule has 0 radical (unpaired) electrons. The average molecular weight is 252 g/mol. The highest BCUT2D eigenvalue weighted by Crippen LogP contribution is 2.27. The SMILES string of the molecule is CCCCC(Sc1ccccc1)C(=O)OCC. The molecule has 1 unspecified atom stereocenters. The molecule has 1 rings (SSSR count). The normalized spacial score (nSPS) is 12.1. The van der Waals surface area contributed by atoms with Gasteiger partial charge in [-0.1, -0.05) is 38.0 Å². The van der Waals surface area contributed by atoms with E-state index in [0.717, 1.165) is 24.2 Å². The molecule has 2 nitrogen and oxygen atoms in total. The fourth-order valence-electron chi connectivity index (χ4n) is 1.51. The summed E-state index contributed by atoms with van der Waals surface area (Å²) in [4.78, 5) is 12.9. The van der Waals surface area contributed by atoms with Gasteiger partial charge in [0.25, 0.3) is 0 Å². The summed E-state index contributed by atoms with van der Waals surface area (Å²) in [6, 6.07) is 10.0. The van der Waals surface area contributed by atoms with Crippen LogP contribution in [0.25, 0.3) is 0 Å². The molecule has 3 heteroatoms. The zero-order valence-electron chi connectivity index (χ0n) is 10.5. The minimum absolute atomic E-state index is 0.0719. The van der Waals surface area contributed by atoms with E-state index in [9.17, 15) is 4.79 Å². The summed E-state index contributed by atoms with van der Waals surface area (Å²) in [5, 5.41) is -0.0719. The second-order valence-corrected chi connectivity index (χ2v) is 5.09. The second-order valence-electron chi connectivity index (χ2n) is 3.81. The van der Waals surface area contributed by atoms with Gasteiger partial charge in [-0.05, 0) is 25.5 Å². The van der Waals surface area contributed by atoms with E-state index < -0.39 is 0 Å². The lowest BCUT2D eigenvalue weighted by Crippen LogP contribution is -2.20. The molecule has 0 heterocycles. The highest BCUT2D eigenvalue weighted by Gasteiger charge is 2.20. The first-order chi connectivity index (χ1) is 8.27. The maximum absolute atomic E-state index is 11.8. The fraction of sp³-hybridized carbons (Fsp3) is 0.500. The smallest absolute Gasteiger partial charge is 0.319 e. The molecule has 0 bridgehead atoms. The highest BCUT2D eigenvalue weighted by atomic mass is 32.2. The Kier molecular flexibility index (Phi) is 6.78. The summed E-state index contributed by atoms with van der Waals surface area (Å²) in [6.45, 7) is 4.44. The molecule has 1 atom stereocenters. The predicted octanol–water partition coefficient (Wildman–Crippen LogP) is 3.90. The monoisotopic (exact) mass is 252 g/mol. The van der Waals surface area contributed by atoms with Gasteiger partial charge < -0.3 is 4.74 Å². The van der Waals surface area contributed by atoms with Crippen LogP contribution in [0.1, 0.15) is 33.1 Å². The van der Waals surface area contributed by atoms with Crippen LogP contribution in [0.4, 0.5) is 0 Å². The topological polar surface area (TPSA) is 26.3 Å².